The first kappa shape index (κ1) is 11.0. The third kappa shape index (κ3) is 2.73. The second-order valence-corrected chi connectivity index (χ2v) is 4.13. The van der Waals surface area contributed by atoms with Crippen LogP contribution in [0.2, 0.25) is 0 Å². The average molecular weight is 216 g/mol. The van der Waals surface area contributed by atoms with Crippen LogP contribution < -0.4 is 0 Å². The van der Waals surface area contributed by atoms with Crippen LogP contribution in [0.3, 0.4) is 0 Å². The molecule has 1 atom stereocenters. The predicted molar refractivity (Wildman–Crippen MR) is 65.7 cm³/mol. The Morgan fingerprint density at radius 1 is 1.50 bits per heavy atom. The first-order chi connectivity index (χ1) is 7.75. The maximum atomic E-state index is 7.87. The summed E-state index contributed by atoms with van der Waals surface area (Å²) < 4.78 is 0. The van der Waals surface area contributed by atoms with Crippen molar-refractivity contribution in [2.75, 3.05) is 20.1 Å². The van der Waals surface area contributed by atoms with Crippen LogP contribution in [0.5, 0.6) is 0 Å². The zero-order valence-electron chi connectivity index (χ0n) is 9.43. The van der Waals surface area contributed by atoms with E-state index in [2.05, 4.69) is 21.9 Å². The van der Waals surface area contributed by atoms with E-state index in [4.69, 9.17) is 5.41 Å². The second kappa shape index (κ2) is 4.99. The van der Waals surface area contributed by atoms with Gasteiger partial charge in [0.1, 0.15) is 0 Å². The van der Waals surface area contributed by atoms with Crippen LogP contribution in [0, 0.1) is 11.3 Å². The Labute approximate surface area is 95.5 Å². The molecule has 0 spiro atoms. The summed E-state index contributed by atoms with van der Waals surface area (Å²) in [5, 5.41) is 7.87. The van der Waals surface area contributed by atoms with Crippen molar-refractivity contribution in [1.29, 1.82) is 5.41 Å². The molecule has 0 amide bonds. The lowest BCUT2D eigenvalue weighted by molar-refractivity contribution is 0.317. The number of pyridine rings is 1. The summed E-state index contributed by atoms with van der Waals surface area (Å²) in [6.45, 7) is 1.88. The molecule has 16 heavy (non-hydrogen) atoms. The van der Waals surface area contributed by atoms with E-state index >= 15 is 0 Å². The minimum atomic E-state index is 0.159. The van der Waals surface area contributed by atoms with E-state index in [0.29, 0.717) is 0 Å². The molecule has 1 fully saturated rings. The number of aliphatic imine (C=N–C) groups is 1. The molecule has 1 N–H and O–H groups in total. The number of nitrogens with one attached hydrogen (secondary N) is 1. The van der Waals surface area contributed by atoms with Crippen molar-refractivity contribution in [3.8, 4) is 0 Å². The van der Waals surface area contributed by atoms with E-state index in [0.717, 1.165) is 30.9 Å². The van der Waals surface area contributed by atoms with Crippen molar-refractivity contribution in [3.63, 3.8) is 0 Å². The molecule has 1 saturated heterocycles. The SMILES string of the molecule is CN1CCC(=N)C(C=Nc2ccncc2)C1. The smallest absolute Gasteiger partial charge is 0.0656 e. The van der Waals surface area contributed by atoms with Gasteiger partial charge in [-0.1, -0.05) is 0 Å². The molecule has 1 aliphatic heterocycles. The summed E-state index contributed by atoms with van der Waals surface area (Å²) in [5.74, 6) is 0.159. The molecule has 2 heterocycles. The number of hydrogen-bond donors (Lipinski definition) is 1. The molecular formula is C12H16N4. The Bertz CT molecular complexity index is 385. The van der Waals surface area contributed by atoms with Gasteiger partial charge in [-0.05, 0) is 25.6 Å². The highest BCUT2D eigenvalue weighted by Crippen LogP contribution is 2.13. The summed E-state index contributed by atoms with van der Waals surface area (Å²) in [6, 6.07) is 3.74. The second-order valence-electron chi connectivity index (χ2n) is 4.13. The van der Waals surface area contributed by atoms with Crippen molar-refractivity contribution in [2.45, 2.75) is 6.42 Å². The minimum absolute atomic E-state index is 0.159. The lowest BCUT2D eigenvalue weighted by atomic mass is 9.97. The van der Waals surface area contributed by atoms with E-state index in [1.807, 2.05) is 18.3 Å². The molecule has 0 aromatic carbocycles. The van der Waals surface area contributed by atoms with Gasteiger partial charge < -0.3 is 10.3 Å². The largest absolute Gasteiger partial charge is 0.309 e. The van der Waals surface area contributed by atoms with Crippen LogP contribution in [0.25, 0.3) is 0 Å². The average Bonchev–Trinajstić information content (AvgIpc) is 2.32. The molecule has 1 unspecified atom stereocenters. The molecule has 4 heteroatoms. The van der Waals surface area contributed by atoms with Gasteiger partial charge >= 0.3 is 0 Å². The maximum absolute atomic E-state index is 7.87. The van der Waals surface area contributed by atoms with Gasteiger partial charge in [0.25, 0.3) is 0 Å². The number of nitrogens with zero attached hydrogens (tertiary/aromatic N) is 3. The van der Waals surface area contributed by atoms with Crippen molar-refractivity contribution in [3.05, 3.63) is 24.5 Å². The zero-order chi connectivity index (χ0) is 11.4. The summed E-state index contributed by atoms with van der Waals surface area (Å²) in [4.78, 5) is 10.6. The topological polar surface area (TPSA) is 52.3 Å². The Balaban J connectivity index is 2.03. The molecule has 1 aromatic heterocycles. The number of rotatable bonds is 2. The van der Waals surface area contributed by atoms with Gasteiger partial charge in [0.15, 0.2) is 0 Å². The van der Waals surface area contributed by atoms with Crippen LogP contribution in [0.15, 0.2) is 29.5 Å². The lowest BCUT2D eigenvalue weighted by Gasteiger charge is -2.27. The fourth-order valence-corrected chi connectivity index (χ4v) is 1.78. The molecule has 0 aliphatic carbocycles. The molecule has 0 bridgehead atoms. The van der Waals surface area contributed by atoms with Crippen molar-refractivity contribution in [1.82, 2.24) is 9.88 Å². The van der Waals surface area contributed by atoms with E-state index < -0.39 is 0 Å². The van der Waals surface area contributed by atoms with Crippen molar-refractivity contribution in [2.24, 2.45) is 10.9 Å². The molecule has 1 aliphatic rings. The molecule has 0 radical (unpaired) electrons. The summed E-state index contributed by atoms with van der Waals surface area (Å²) >= 11 is 0. The van der Waals surface area contributed by atoms with Crippen LogP contribution in [-0.4, -0.2) is 41.9 Å². The quantitative estimate of drug-likeness (QED) is 0.766. The van der Waals surface area contributed by atoms with Crippen molar-refractivity contribution >= 4 is 17.6 Å². The van der Waals surface area contributed by atoms with E-state index in [-0.39, 0.29) is 5.92 Å². The number of piperidine rings is 1. The van der Waals surface area contributed by atoms with Crippen LogP contribution in [0.1, 0.15) is 6.42 Å². The van der Waals surface area contributed by atoms with Crippen LogP contribution in [-0.2, 0) is 0 Å². The minimum Gasteiger partial charge on any atom is -0.309 e. The fraction of sp³-hybridized carbons (Fsp3) is 0.417. The summed E-state index contributed by atoms with van der Waals surface area (Å²) in [7, 11) is 2.08. The zero-order valence-corrected chi connectivity index (χ0v) is 9.43. The highest BCUT2D eigenvalue weighted by atomic mass is 15.1. The number of likely N-dealkylation sites (tertiary alicyclic amines) is 1. The van der Waals surface area contributed by atoms with Gasteiger partial charge in [0, 0.05) is 43.3 Å². The molecule has 2 rings (SSSR count). The Morgan fingerprint density at radius 3 is 3.00 bits per heavy atom. The molecule has 1 aromatic rings. The van der Waals surface area contributed by atoms with Gasteiger partial charge in [-0.2, -0.15) is 0 Å². The third-order valence-electron chi connectivity index (χ3n) is 2.79. The molecule has 0 saturated carbocycles. The van der Waals surface area contributed by atoms with E-state index in [1.165, 1.54) is 0 Å². The number of hydrogen-bond acceptors (Lipinski definition) is 4. The van der Waals surface area contributed by atoms with Crippen LogP contribution >= 0.6 is 0 Å². The summed E-state index contributed by atoms with van der Waals surface area (Å²) in [5.41, 5.74) is 1.69. The Hall–Kier alpha value is -1.55. The first-order valence-corrected chi connectivity index (χ1v) is 5.46. The Kier molecular flexibility index (Phi) is 3.41. The van der Waals surface area contributed by atoms with Crippen LogP contribution in [0.4, 0.5) is 5.69 Å². The highest BCUT2D eigenvalue weighted by Gasteiger charge is 2.20. The molecule has 4 nitrogen and oxygen atoms in total. The van der Waals surface area contributed by atoms with E-state index in [9.17, 15) is 0 Å². The summed E-state index contributed by atoms with van der Waals surface area (Å²) in [6.07, 6.45) is 6.19. The van der Waals surface area contributed by atoms with Gasteiger partial charge in [-0.25, -0.2) is 0 Å². The predicted octanol–water partition coefficient (Wildman–Crippen LogP) is 1.76. The van der Waals surface area contributed by atoms with Gasteiger partial charge in [-0.3, -0.25) is 9.98 Å². The van der Waals surface area contributed by atoms with Crippen molar-refractivity contribution < 1.29 is 0 Å². The lowest BCUT2D eigenvalue weighted by Crippen LogP contribution is -2.38. The maximum Gasteiger partial charge on any atom is 0.0656 e. The normalized spacial score (nSPS) is 22.8. The van der Waals surface area contributed by atoms with Gasteiger partial charge in [-0.15, -0.1) is 0 Å². The Morgan fingerprint density at radius 2 is 2.25 bits per heavy atom. The monoisotopic (exact) mass is 216 g/mol. The number of aromatic nitrogens is 1. The highest BCUT2D eigenvalue weighted by molar-refractivity contribution is 5.98. The molecular weight excluding hydrogens is 200 g/mol. The van der Waals surface area contributed by atoms with Gasteiger partial charge in [0.05, 0.1) is 5.69 Å². The van der Waals surface area contributed by atoms with E-state index in [1.54, 1.807) is 12.4 Å². The van der Waals surface area contributed by atoms with Gasteiger partial charge in [0.2, 0.25) is 0 Å². The third-order valence-corrected chi connectivity index (χ3v) is 2.79. The standard InChI is InChI=1S/C12H16N4/c1-16-7-4-12(13)10(9-16)8-15-11-2-5-14-6-3-11/h2-3,5-6,8,10,13H,4,7,9H2,1H3. The first-order valence-electron chi connectivity index (χ1n) is 5.46. The fourth-order valence-electron chi connectivity index (χ4n) is 1.78. The molecule has 84 valence electrons.